The summed E-state index contributed by atoms with van der Waals surface area (Å²) in [5.74, 6) is -0.243. The summed E-state index contributed by atoms with van der Waals surface area (Å²) in [7, 11) is 0. The third kappa shape index (κ3) is 5.55. The van der Waals surface area contributed by atoms with Gasteiger partial charge in [0, 0.05) is 5.69 Å². The zero-order valence-corrected chi connectivity index (χ0v) is 16.8. The maximum atomic E-state index is 13.3. The summed E-state index contributed by atoms with van der Waals surface area (Å²) in [4.78, 5) is 12.5. The van der Waals surface area contributed by atoms with Crippen molar-refractivity contribution in [3.8, 4) is 11.8 Å². The van der Waals surface area contributed by atoms with Crippen molar-refractivity contribution in [1.82, 2.24) is 0 Å². The van der Waals surface area contributed by atoms with E-state index in [9.17, 15) is 14.4 Å². The minimum Gasteiger partial charge on any atom is -0.489 e. The van der Waals surface area contributed by atoms with Crippen LogP contribution in [0.1, 0.15) is 22.3 Å². The molecular weight excluding hydrogens is 379 g/mol. The summed E-state index contributed by atoms with van der Waals surface area (Å²) in [6.45, 7) is 4.16. The molecule has 0 saturated heterocycles. The molecule has 0 saturated carbocycles. The van der Waals surface area contributed by atoms with E-state index in [4.69, 9.17) is 4.74 Å². The van der Waals surface area contributed by atoms with Gasteiger partial charge in [0.05, 0.1) is 0 Å². The number of benzene rings is 3. The minimum absolute atomic E-state index is 0.0180. The molecule has 1 amide bonds. The molecule has 0 aliphatic heterocycles. The number of nitrogens with one attached hydrogen (secondary N) is 1. The maximum absolute atomic E-state index is 13.3. The molecule has 0 heterocycles. The van der Waals surface area contributed by atoms with Gasteiger partial charge in [0.1, 0.15) is 29.8 Å². The molecule has 30 heavy (non-hydrogen) atoms. The number of anilines is 1. The van der Waals surface area contributed by atoms with Gasteiger partial charge in [-0.1, -0.05) is 30.3 Å². The van der Waals surface area contributed by atoms with Crippen LogP contribution in [0, 0.1) is 31.0 Å². The van der Waals surface area contributed by atoms with Gasteiger partial charge in [-0.15, -0.1) is 0 Å². The van der Waals surface area contributed by atoms with Crippen molar-refractivity contribution in [3.05, 3.63) is 100 Å². The second-order valence-electron chi connectivity index (χ2n) is 6.91. The molecule has 150 valence electrons. The van der Waals surface area contributed by atoms with Crippen molar-refractivity contribution >= 4 is 17.7 Å². The highest BCUT2D eigenvalue weighted by molar-refractivity contribution is 6.09. The smallest absolute Gasteiger partial charge is 0.266 e. The number of rotatable bonds is 6. The second kappa shape index (κ2) is 9.53. The van der Waals surface area contributed by atoms with E-state index < -0.39 is 5.91 Å². The topological polar surface area (TPSA) is 62.1 Å². The molecule has 3 aromatic carbocycles. The van der Waals surface area contributed by atoms with E-state index in [2.05, 4.69) is 5.32 Å². The molecule has 0 spiro atoms. The Morgan fingerprint density at radius 3 is 2.60 bits per heavy atom. The van der Waals surface area contributed by atoms with Crippen LogP contribution in [0.2, 0.25) is 0 Å². The zero-order valence-electron chi connectivity index (χ0n) is 16.8. The van der Waals surface area contributed by atoms with Crippen LogP contribution in [-0.4, -0.2) is 5.91 Å². The summed E-state index contributed by atoms with van der Waals surface area (Å²) in [5.41, 5.74) is 4.16. The van der Waals surface area contributed by atoms with E-state index in [-0.39, 0.29) is 18.0 Å². The summed E-state index contributed by atoms with van der Waals surface area (Å²) in [6, 6.07) is 20.7. The van der Waals surface area contributed by atoms with Gasteiger partial charge in [-0.2, -0.15) is 5.26 Å². The number of nitrogens with zero attached hydrogens (tertiary/aromatic N) is 1. The number of aryl methyl sites for hydroxylation is 2. The first-order valence-corrected chi connectivity index (χ1v) is 9.42. The van der Waals surface area contributed by atoms with Crippen LogP contribution < -0.4 is 10.1 Å². The predicted molar refractivity (Wildman–Crippen MR) is 115 cm³/mol. The molecule has 0 aromatic heterocycles. The van der Waals surface area contributed by atoms with Gasteiger partial charge in [-0.05, 0) is 78.6 Å². The van der Waals surface area contributed by atoms with Gasteiger partial charge in [-0.25, -0.2) is 4.39 Å². The molecule has 3 rings (SSSR count). The monoisotopic (exact) mass is 400 g/mol. The number of amides is 1. The van der Waals surface area contributed by atoms with E-state index in [1.165, 1.54) is 18.2 Å². The molecule has 0 atom stereocenters. The molecule has 3 aromatic rings. The van der Waals surface area contributed by atoms with Gasteiger partial charge in [0.25, 0.3) is 5.91 Å². The van der Waals surface area contributed by atoms with E-state index >= 15 is 0 Å². The van der Waals surface area contributed by atoms with Crippen LogP contribution in [0.25, 0.3) is 6.08 Å². The molecule has 0 unspecified atom stereocenters. The predicted octanol–water partition coefficient (Wildman–Crippen LogP) is 5.57. The number of carbonyl (C=O) groups is 1. The number of hydrogen-bond acceptors (Lipinski definition) is 3. The molecule has 0 bridgehead atoms. The Morgan fingerprint density at radius 1 is 1.07 bits per heavy atom. The third-order valence-corrected chi connectivity index (χ3v) is 4.59. The van der Waals surface area contributed by atoms with Gasteiger partial charge in [0.2, 0.25) is 0 Å². The number of nitriles is 1. The highest BCUT2D eigenvalue weighted by atomic mass is 19.1. The Kier molecular flexibility index (Phi) is 6.61. The average molecular weight is 400 g/mol. The number of hydrogen-bond donors (Lipinski definition) is 1. The minimum atomic E-state index is -0.480. The van der Waals surface area contributed by atoms with E-state index in [0.29, 0.717) is 22.6 Å². The lowest BCUT2D eigenvalue weighted by molar-refractivity contribution is -0.112. The molecule has 0 fully saturated rings. The maximum Gasteiger partial charge on any atom is 0.266 e. The van der Waals surface area contributed by atoms with Crippen molar-refractivity contribution in [2.75, 3.05) is 5.32 Å². The summed E-state index contributed by atoms with van der Waals surface area (Å²) >= 11 is 0. The fourth-order valence-corrected chi connectivity index (χ4v) is 2.82. The van der Waals surface area contributed by atoms with Gasteiger partial charge < -0.3 is 10.1 Å². The van der Waals surface area contributed by atoms with Crippen molar-refractivity contribution in [1.29, 1.82) is 5.26 Å². The SMILES string of the molecule is Cc1ccc(NC(=O)/C(C#N)=C\c2cccc(OCc3cccc(F)c3)c2)cc1C. The van der Waals surface area contributed by atoms with E-state index in [1.807, 2.05) is 32.0 Å². The first-order valence-electron chi connectivity index (χ1n) is 9.42. The highest BCUT2D eigenvalue weighted by Crippen LogP contribution is 2.19. The van der Waals surface area contributed by atoms with Crippen LogP contribution in [0.15, 0.2) is 72.3 Å². The number of ether oxygens (including phenoxy) is 1. The summed E-state index contributed by atoms with van der Waals surface area (Å²) < 4.78 is 19.0. The van der Waals surface area contributed by atoms with Crippen LogP contribution in [0.3, 0.4) is 0 Å². The fourth-order valence-electron chi connectivity index (χ4n) is 2.82. The Balaban J connectivity index is 1.72. The molecule has 0 radical (unpaired) electrons. The molecule has 0 aliphatic rings. The van der Waals surface area contributed by atoms with Gasteiger partial charge >= 0.3 is 0 Å². The number of carbonyl (C=O) groups excluding carboxylic acids is 1. The van der Waals surface area contributed by atoms with Crippen molar-refractivity contribution in [2.45, 2.75) is 20.5 Å². The molecule has 1 N–H and O–H groups in total. The Hall–Kier alpha value is -3.91. The first-order chi connectivity index (χ1) is 14.4. The third-order valence-electron chi connectivity index (χ3n) is 4.59. The van der Waals surface area contributed by atoms with Gasteiger partial charge in [0.15, 0.2) is 0 Å². The van der Waals surface area contributed by atoms with Crippen molar-refractivity contribution < 1.29 is 13.9 Å². The average Bonchev–Trinajstić information content (AvgIpc) is 2.73. The normalized spacial score (nSPS) is 10.9. The summed E-state index contributed by atoms with van der Waals surface area (Å²) in [5, 5.41) is 12.2. The fraction of sp³-hybridized carbons (Fsp3) is 0.120. The van der Waals surface area contributed by atoms with Crippen LogP contribution in [-0.2, 0) is 11.4 Å². The standard InChI is InChI=1S/C25H21FN2O2/c1-17-9-10-23(11-18(17)2)28-25(29)21(15-27)12-19-5-4-8-24(14-19)30-16-20-6-3-7-22(26)13-20/h3-14H,16H2,1-2H3,(H,28,29)/b21-12-. The van der Waals surface area contributed by atoms with Crippen molar-refractivity contribution in [3.63, 3.8) is 0 Å². The first kappa shape index (κ1) is 20.8. The number of halogens is 1. The lowest BCUT2D eigenvalue weighted by Crippen LogP contribution is -2.13. The van der Waals surface area contributed by atoms with E-state index in [0.717, 1.165) is 11.1 Å². The Labute approximate surface area is 175 Å². The lowest BCUT2D eigenvalue weighted by Gasteiger charge is -2.08. The van der Waals surface area contributed by atoms with E-state index in [1.54, 1.807) is 42.5 Å². The molecule has 4 nitrogen and oxygen atoms in total. The van der Waals surface area contributed by atoms with Crippen molar-refractivity contribution in [2.24, 2.45) is 0 Å². The molecular formula is C25H21FN2O2. The van der Waals surface area contributed by atoms with Crippen LogP contribution in [0.5, 0.6) is 5.75 Å². The lowest BCUT2D eigenvalue weighted by atomic mass is 10.1. The Morgan fingerprint density at radius 2 is 1.87 bits per heavy atom. The summed E-state index contributed by atoms with van der Waals surface area (Å²) in [6.07, 6.45) is 1.51. The van der Waals surface area contributed by atoms with Crippen LogP contribution in [0.4, 0.5) is 10.1 Å². The van der Waals surface area contributed by atoms with Crippen LogP contribution >= 0.6 is 0 Å². The zero-order chi connectivity index (χ0) is 21.5. The Bertz CT molecular complexity index is 1150. The quantitative estimate of drug-likeness (QED) is 0.435. The molecule has 0 aliphatic carbocycles. The second-order valence-corrected chi connectivity index (χ2v) is 6.91. The van der Waals surface area contributed by atoms with Gasteiger partial charge in [-0.3, -0.25) is 4.79 Å². The molecule has 5 heteroatoms. The highest BCUT2D eigenvalue weighted by Gasteiger charge is 2.10. The largest absolute Gasteiger partial charge is 0.489 e.